The van der Waals surface area contributed by atoms with Gasteiger partial charge in [0, 0.05) is 10.8 Å². The Kier molecular flexibility index (Phi) is 4.22. The topological polar surface area (TPSA) is 102 Å². The molecule has 0 aliphatic heterocycles. The maximum atomic E-state index is 12.8. The molecule has 3 rings (SSSR count). The molecule has 136 valence electrons. The van der Waals surface area contributed by atoms with Gasteiger partial charge in [0.1, 0.15) is 18.7 Å². The van der Waals surface area contributed by atoms with Gasteiger partial charge in [0.15, 0.2) is 11.6 Å². The summed E-state index contributed by atoms with van der Waals surface area (Å²) in [5, 5.41) is 28.0. The lowest BCUT2D eigenvalue weighted by Gasteiger charge is -2.56. The van der Waals surface area contributed by atoms with Gasteiger partial charge in [-0.2, -0.15) is 10.5 Å². The number of aliphatic hydroxyl groups excluding tert-OH is 1. The molecule has 5 nitrogen and oxygen atoms in total. The number of hydrogen-bond donors (Lipinski definition) is 1. The summed E-state index contributed by atoms with van der Waals surface area (Å²) in [7, 11) is 0. The van der Waals surface area contributed by atoms with E-state index in [1.807, 2.05) is 32.9 Å². The van der Waals surface area contributed by atoms with E-state index in [0.29, 0.717) is 18.4 Å². The maximum Gasteiger partial charge on any atom is 0.196 e. The number of nitrogens with zero attached hydrogens (tertiary/aromatic N) is 2. The van der Waals surface area contributed by atoms with Crippen molar-refractivity contribution in [2.45, 2.75) is 33.6 Å². The number of Topliss-reactive ketones (excluding diaryl/α,β-unsaturated/α-hetero) is 1. The maximum absolute atomic E-state index is 12.8. The highest BCUT2D eigenvalue weighted by Crippen LogP contribution is 2.63. The Hall–Kier alpha value is -2.94. The Labute approximate surface area is 158 Å². The third kappa shape index (κ3) is 2.49. The first-order chi connectivity index (χ1) is 12.7. The molecule has 0 aromatic carbocycles. The van der Waals surface area contributed by atoms with Crippen LogP contribution in [0.3, 0.4) is 0 Å². The molecule has 5 heteroatoms. The summed E-state index contributed by atoms with van der Waals surface area (Å²) in [5.74, 6) is 5.06. The fourth-order valence-corrected chi connectivity index (χ4v) is 5.13. The smallest absolute Gasteiger partial charge is 0.196 e. The van der Waals surface area contributed by atoms with E-state index in [9.17, 15) is 25.2 Å². The number of fused-ring (bicyclic) bond motifs is 3. The summed E-state index contributed by atoms with van der Waals surface area (Å²) < 4.78 is 0. The van der Waals surface area contributed by atoms with E-state index in [0.717, 1.165) is 0 Å². The fraction of sp³-hybridized carbons (Fsp3) is 0.455. The van der Waals surface area contributed by atoms with Gasteiger partial charge < -0.3 is 5.11 Å². The highest BCUT2D eigenvalue weighted by Gasteiger charge is 2.59. The van der Waals surface area contributed by atoms with E-state index in [2.05, 4.69) is 11.8 Å². The van der Waals surface area contributed by atoms with Gasteiger partial charge in [-0.05, 0) is 36.5 Å². The first-order valence-corrected chi connectivity index (χ1v) is 8.85. The molecule has 1 fully saturated rings. The van der Waals surface area contributed by atoms with Crippen LogP contribution in [-0.2, 0) is 9.59 Å². The largest absolute Gasteiger partial charge is 0.384 e. The Morgan fingerprint density at radius 3 is 2.41 bits per heavy atom. The Morgan fingerprint density at radius 2 is 1.81 bits per heavy atom. The molecule has 3 atom stereocenters. The van der Waals surface area contributed by atoms with E-state index >= 15 is 0 Å². The molecule has 1 saturated carbocycles. The summed E-state index contributed by atoms with van der Waals surface area (Å²) in [4.78, 5) is 25.2. The number of allylic oxidation sites excluding steroid dienone is 6. The first kappa shape index (κ1) is 18.8. The second kappa shape index (κ2) is 6.05. The minimum Gasteiger partial charge on any atom is -0.384 e. The lowest BCUT2D eigenvalue weighted by atomic mass is 9.45. The lowest BCUT2D eigenvalue weighted by molar-refractivity contribution is -0.130. The van der Waals surface area contributed by atoms with E-state index in [4.69, 9.17) is 0 Å². The molecule has 0 saturated heterocycles. The Morgan fingerprint density at radius 1 is 1.15 bits per heavy atom. The van der Waals surface area contributed by atoms with Crippen molar-refractivity contribution in [1.29, 1.82) is 10.5 Å². The quantitative estimate of drug-likeness (QED) is 0.668. The summed E-state index contributed by atoms with van der Waals surface area (Å²) in [5.41, 5.74) is -1.52. The number of ketones is 2. The minimum atomic E-state index is -0.861. The van der Waals surface area contributed by atoms with Gasteiger partial charge in [-0.15, -0.1) is 0 Å². The first-order valence-electron chi connectivity index (χ1n) is 8.85. The average Bonchev–Trinajstić information content (AvgIpc) is 2.63. The predicted octanol–water partition coefficient (Wildman–Crippen LogP) is 2.40. The molecule has 1 N–H and O–H groups in total. The molecule has 0 aromatic rings. The summed E-state index contributed by atoms with van der Waals surface area (Å²) >= 11 is 0. The van der Waals surface area contributed by atoms with Crippen LogP contribution < -0.4 is 0 Å². The van der Waals surface area contributed by atoms with Crippen LogP contribution in [0.25, 0.3) is 0 Å². The van der Waals surface area contributed by atoms with Crippen LogP contribution in [0.5, 0.6) is 0 Å². The van der Waals surface area contributed by atoms with Gasteiger partial charge in [0.2, 0.25) is 0 Å². The van der Waals surface area contributed by atoms with Crippen molar-refractivity contribution in [3.63, 3.8) is 0 Å². The standard InChI is InChI=1S/C22H20N2O3/c1-20(2)17-5-7-22(6-4-8-25)11-14(12-23)16(26)9-18(22)21(17,3)10-15(13-24)19(20)27/h9-11,17,25H,5,7-8H2,1-3H3. The zero-order valence-electron chi connectivity index (χ0n) is 15.6. The monoisotopic (exact) mass is 360 g/mol. The van der Waals surface area contributed by atoms with Crippen molar-refractivity contribution in [2.75, 3.05) is 6.61 Å². The molecule has 0 aromatic heterocycles. The normalized spacial score (nSPS) is 33.7. The average molecular weight is 360 g/mol. The predicted molar refractivity (Wildman–Crippen MR) is 97.4 cm³/mol. The molecule has 0 amide bonds. The van der Waals surface area contributed by atoms with Crippen LogP contribution in [0.2, 0.25) is 0 Å². The molecular weight excluding hydrogens is 340 g/mol. The molecule has 3 aliphatic rings. The molecule has 0 bridgehead atoms. The van der Waals surface area contributed by atoms with Gasteiger partial charge >= 0.3 is 0 Å². The summed E-state index contributed by atoms with van der Waals surface area (Å²) in [6, 6.07) is 3.94. The van der Waals surface area contributed by atoms with Crippen LogP contribution in [0.15, 0.2) is 34.9 Å². The number of rotatable bonds is 0. The van der Waals surface area contributed by atoms with Crippen molar-refractivity contribution in [1.82, 2.24) is 0 Å². The van der Waals surface area contributed by atoms with Crippen LogP contribution in [0.1, 0.15) is 33.6 Å². The van der Waals surface area contributed by atoms with Gasteiger partial charge in [-0.1, -0.05) is 38.7 Å². The number of carbonyl (C=O) groups is 2. The summed E-state index contributed by atoms with van der Waals surface area (Å²) in [6.45, 7) is 5.29. The number of nitriles is 2. The lowest BCUT2D eigenvalue weighted by Crippen LogP contribution is -2.53. The van der Waals surface area contributed by atoms with E-state index in [-0.39, 0.29) is 29.5 Å². The van der Waals surface area contributed by atoms with Gasteiger partial charge in [0.05, 0.1) is 16.6 Å². The number of aliphatic hydroxyl groups is 1. The van der Waals surface area contributed by atoms with Gasteiger partial charge in [0.25, 0.3) is 0 Å². The van der Waals surface area contributed by atoms with Crippen LogP contribution in [-0.4, -0.2) is 23.3 Å². The molecule has 0 heterocycles. The Bertz CT molecular complexity index is 987. The van der Waals surface area contributed by atoms with E-state index in [1.165, 1.54) is 6.08 Å². The molecule has 27 heavy (non-hydrogen) atoms. The zero-order valence-corrected chi connectivity index (χ0v) is 15.6. The molecular formula is C22H20N2O3. The van der Waals surface area contributed by atoms with Crippen molar-refractivity contribution < 1.29 is 14.7 Å². The zero-order chi connectivity index (χ0) is 20.0. The van der Waals surface area contributed by atoms with Crippen LogP contribution >= 0.6 is 0 Å². The van der Waals surface area contributed by atoms with Crippen molar-refractivity contribution in [3.8, 4) is 24.0 Å². The van der Waals surface area contributed by atoms with Gasteiger partial charge in [-0.25, -0.2) is 0 Å². The highest BCUT2D eigenvalue weighted by molar-refractivity contribution is 6.09. The molecule has 0 radical (unpaired) electrons. The molecule has 0 spiro atoms. The second-order valence-electron chi connectivity index (χ2n) is 8.12. The van der Waals surface area contributed by atoms with Gasteiger partial charge in [-0.3, -0.25) is 9.59 Å². The number of hydrogen-bond acceptors (Lipinski definition) is 5. The van der Waals surface area contributed by atoms with Crippen molar-refractivity contribution >= 4 is 11.6 Å². The molecule has 3 unspecified atom stereocenters. The van der Waals surface area contributed by atoms with Crippen molar-refractivity contribution in [3.05, 3.63) is 34.9 Å². The third-order valence-corrected chi connectivity index (χ3v) is 6.32. The van der Waals surface area contributed by atoms with Crippen molar-refractivity contribution in [2.24, 2.45) is 22.2 Å². The summed E-state index contributed by atoms with van der Waals surface area (Å²) in [6.07, 6.45) is 5.90. The van der Waals surface area contributed by atoms with Crippen LogP contribution in [0.4, 0.5) is 0 Å². The number of carbonyl (C=O) groups excluding carboxylic acids is 2. The molecule has 3 aliphatic carbocycles. The minimum absolute atomic E-state index is 0.0312. The Balaban J connectivity index is 2.31. The SMILES string of the molecule is CC1(C)C(=O)C(C#N)=CC2(C)C3=CC(=O)C(C#N)=CC3(C#CCO)CCC12. The van der Waals surface area contributed by atoms with E-state index in [1.54, 1.807) is 12.2 Å². The second-order valence-corrected chi connectivity index (χ2v) is 8.12. The highest BCUT2D eigenvalue weighted by atomic mass is 16.2. The third-order valence-electron chi connectivity index (χ3n) is 6.32. The van der Waals surface area contributed by atoms with E-state index < -0.39 is 22.0 Å². The van der Waals surface area contributed by atoms with Crippen LogP contribution in [0, 0.1) is 56.7 Å². The fourth-order valence-electron chi connectivity index (χ4n) is 5.13.